The van der Waals surface area contributed by atoms with Gasteiger partial charge in [-0.3, -0.25) is 4.90 Å². The average molecular weight is 312 g/mol. The van der Waals surface area contributed by atoms with Crippen LogP contribution in [0, 0.1) is 0 Å². The maximum atomic E-state index is 5.41. The zero-order valence-electron chi connectivity index (χ0n) is 10.4. The van der Waals surface area contributed by atoms with E-state index in [1.54, 1.807) is 0 Å². The minimum atomic E-state index is 0.666. The normalized spacial score (nSPS) is 25.6. The molecule has 0 N–H and O–H groups in total. The van der Waals surface area contributed by atoms with E-state index in [0.29, 0.717) is 6.04 Å². The van der Waals surface area contributed by atoms with Crippen molar-refractivity contribution in [3.05, 3.63) is 22.8 Å². The predicted octanol–water partition coefficient (Wildman–Crippen LogP) is 1.75. The molecule has 18 heavy (non-hydrogen) atoms. The summed E-state index contributed by atoms with van der Waals surface area (Å²) in [6.07, 6.45) is 3.11. The van der Waals surface area contributed by atoms with Gasteiger partial charge in [-0.1, -0.05) is 0 Å². The van der Waals surface area contributed by atoms with Gasteiger partial charge in [0.15, 0.2) is 0 Å². The highest BCUT2D eigenvalue weighted by molar-refractivity contribution is 9.10. The molecule has 3 heterocycles. The Labute approximate surface area is 116 Å². The number of hydrogen-bond donors (Lipinski definition) is 0. The van der Waals surface area contributed by atoms with Crippen LogP contribution >= 0.6 is 15.9 Å². The fourth-order valence-corrected chi connectivity index (χ4v) is 2.98. The van der Waals surface area contributed by atoms with Crippen LogP contribution in [0.4, 0.5) is 5.82 Å². The van der Waals surface area contributed by atoms with Crippen molar-refractivity contribution < 1.29 is 4.74 Å². The zero-order valence-corrected chi connectivity index (χ0v) is 12.0. The average Bonchev–Trinajstić information content (AvgIpc) is 2.90. The van der Waals surface area contributed by atoms with Gasteiger partial charge in [0.05, 0.1) is 13.2 Å². The molecule has 98 valence electrons. The number of pyridine rings is 1. The first kappa shape index (κ1) is 12.4. The van der Waals surface area contributed by atoms with E-state index in [0.717, 1.165) is 49.7 Å². The fourth-order valence-electron chi connectivity index (χ4n) is 2.75. The molecule has 1 aromatic rings. The van der Waals surface area contributed by atoms with E-state index in [1.165, 1.54) is 6.42 Å². The first-order valence-electron chi connectivity index (χ1n) is 6.51. The third-order valence-corrected chi connectivity index (χ3v) is 4.23. The summed E-state index contributed by atoms with van der Waals surface area (Å²) < 4.78 is 6.45. The predicted molar refractivity (Wildman–Crippen MR) is 74.9 cm³/mol. The minimum Gasteiger partial charge on any atom is -0.379 e. The summed E-state index contributed by atoms with van der Waals surface area (Å²) in [6, 6.07) is 4.82. The first-order chi connectivity index (χ1) is 8.83. The third kappa shape index (κ3) is 2.68. The van der Waals surface area contributed by atoms with Gasteiger partial charge in [0.2, 0.25) is 0 Å². The Kier molecular flexibility index (Phi) is 3.82. The van der Waals surface area contributed by atoms with Crippen molar-refractivity contribution in [3.8, 4) is 0 Å². The first-order valence-corrected chi connectivity index (χ1v) is 7.30. The minimum absolute atomic E-state index is 0.666. The molecule has 1 aromatic heterocycles. The summed E-state index contributed by atoms with van der Waals surface area (Å²) in [5, 5.41) is 0. The number of morpholine rings is 1. The second kappa shape index (κ2) is 5.55. The molecule has 2 saturated heterocycles. The lowest BCUT2D eigenvalue weighted by atomic mass is 10.2. The van der Waals surface area contributed by atoms with Gasteiger partial charge in [-0.2, -0.15) is 0 Å². The molecule has 5 heteroatoms. The number of rotatable bonds is 2. The SMILES string of the molecule is Brc1ccc(N2CC[C@H](N3CCOCC3)C2)nc1. The number of halogens is 1. The lowest BCUT2D eigenvalue weighted by molar-refractivity contribution is 0.0209. The quantitative estimate of drug-likeness (QED) is 0.832. The summed E-state index contributed by atoms with van der Waals surface area (Å²) in [6.45, 7) is 6.11. The van der Waals surface area contributed by atoms with Crippen LogP contribution in [0.3, 0.4) is 0 Å². The summed E-state index contributed by atoms with van der Waals surface area (Å²) in [4.78, 5) is 9.42. The van der Waals surface area contributed by atoms with Crippen LogP contribution < -0.4 is 4.90 Å². The van der Waals surface area contributed by atoms with Gasteiger partial charge in [-0.05, 0) is 34.5 Å². The van der Waals surface area contributed by atoms with E-state index in [2.05, 4.69) is 42.8 Å². The van der Waals surface area contributed by atoms with Gasteiger partial charge in [-0.25, -0.2) is 4.98 Å². The van der Waals surface area contributed by atoms with Crippen molar-refractivity contribution in [1.29, 1.82) is 0 Å². The molecule has 4 nitrogen and oxygen atoms in total. The van der Waals surface area contributed by atoms with E-state index in [9.17, 15) is 0 Å². The van der Waals surface area contributed by atoms with E-state index >= 15 is 0 Å². The van der Waals surface area contributed by atoms with Crippen LogP contribution in [0.25, 0.3) is 0 Å². The van der Waals surface area contributed by atoms with Crippen molar-refractivity contribution in [2.45, 2.75) is 12.5 Å². The Morgan fingerprint density at radius 3 is 2.78 bits per heavy atom. The molecule has 0 amide bonds. The smallest absolute Gasteiger partial charge is 0.128 e. The second-order valence-electron chi connectivity index (χ2n) is 4.87. The monoisotopic (exact) mass is 311 g/mol. The van der Waals surface area contributed by atoms with Crippen molar-refractivity contribution in [2.75, 3.05) is 44.3 Å². The summed E-state index contributed by atoms with van der Waals surface area (Å²) in [7, 11) is 0. The standard InChI is InChI=1S/C13H18BrN3O/c14-11-1-2-13(15-9-11)17-4-3-12(10-17)16-5-7-18-8-6-16/h1-2,9,12H,3-8,10H2/t12-/m0/s1. The molecule has 2 aliphatic rings. The van der Waals surface area contributed by atoms with Crippen LogP contribution in [0.2, 0.25) is 0 Å². The number of nitrogens with zero attached hydrogens (tertiary/aromatic N) is 3. The number of anilines is 1. The molecular formula is C13H18BrN3O. The number of hydrogen-bond acceptors (Lipinski definition) is 4. The molecule has 2 aliphatic heterocycles. The molecule has 0 bridgehead atoms. The van der Waals surface area contributed by atoms with Gasteiger partial charge >= 0.3 is 0 Å². The highest BCUT2D eigenvalue weighted by Crippen LogP contribution is 2.22. The molecule has 1 atom stereocenters. The van der Waals surface area contributed by atoms with Crippen LogP contribution in [0.15, 0.2) is 22.8 Å². The second-order valence-corrected chi connectivity index (χ2v) is 5.79. The Balaban J connectivity index is 1.62. The Morgan fingerprint density at radius 2 is 2.06 bits per heavy atom. The van der Waals surface area contributed by atoms with Crippen LogP contribution in [0.5, 0.6) is 0 Å². The maximum absolute atomic E-state index is 5.41. The van der Waals surface area contributed by atoms with E-state index in [4.69, 9.17) is 4.74 Å². The highest BCUT2D eigenvalue weighted by Gasteiger charge is 2.29. The molecule has 0 radical (unpaired) electrons. The van der Waals surface area contributed by atoms with Gasteiger partial charge in [0, 0.05) is 42.9 Å². The number of aromatic nitrogens is 1. The van der Waals surface area contributed by atoms with E-state index in [-0.39, 0.29) is 0 Å². The summed E-state index contributed by atoms with van der Waals surface area (Å²) >= 11 is 3.43. The number of ether oxygens (including phenoxy) is 1. The van der Waals surface area contributed by atoms with Crippen LogP contribution in [-0.4, -0.2) is 55.3 Å². The molecule has 0 aromatic carbocycles. The molecule has 2 fully saturated rings. The maximum Gasteiger partial charge on any atom is 0.128 e. The molecule has 0 saturated carbocycles. The van der Waals surface area contributed by atoms with E-state index in [1.807, 2.05) is 6.20 Å². The van der Waals surface area contributed by atoms with Gasteiger partial charge in [-0.15, -0.1) is 0 Å². The van der Waals surface area contributed by atoms with Crippen molar-refractivity contribution in [1.82, 2.24) is 9.88 Å². The lowest BCUT2D eigenvalue weighted by Gasteiger charge is -2.32. The molecular weight excluding hydrogens is 294 g/mol. The Morgan fingerprint density at radius 1 is 1.22 bits per heavy atom. The topological polar surface area (TPSA) is 28.6 Å². The fraction of sp³-hybridized carbons (Fsp3) is 0.615. The van der Waals surface area contributed by atoms with Gasteiger partial charge in [0.1, 0.15) is 5.82 Å². The molecule has 0 aliphatic carbocycles. The Bertz CT molecular complexity index is 392. The Hall–Kier alpha value is -0.650. The zero-order chi connectivity index (χ0) is 12.4. The summed E-state index contributed by atoms with van der Waals surface area (Å²) in [5.74, 6) is 1.09. The lowest BCUT2D eigenvalue weighted by Crippen LogP contribution is -2.44. The molecule has 0 spiro atoms. The largest absolute Gasteiger partial charge is 0.379 e. The van der Waals surface area contributed by atoms with Gasteiger partial charge in [0.25, 0.3) is 0 Å². The molecule has 0 unspecified atom stereocenters. The van der Waals surface area contributed by atoms with Crippen LogP contribution in [-0.2, 0) is 4.74 Å². The highest BCUT2D eigenvalue weighted by atomic mass is 79.9. The van der Waals surface area contributed by atoms with Gasteiger partial charge < -0.3 is 9.64 Å². The van der Waals surface area contributed by atoms with Crippen molar-refractivity contribution in [3.63, 3.8) is 0 Å². The van der Waals surface area contributed by atoms with E-state index < -0.39 is 0 Å². The third-order valence-electron chi connectivity index (χ3n) is 3.76. The van der Waals surface area contributed by atoms with Crippen LogP contribution in [0.1, 0.15) is 6.42 Å². The summed E-state index contributed by atoms with van der Waals surface area (Å²) in [5.41, 5.74) is 0. The van der Waals surface area contributed by atoms with Crippen molar-refractivity contribution in [2.24, 2.45) is 0 Å². The molecule has 3 rings (SSSR count). The van der Waals surface area contributed by atoms with Crippen molar-refractivity contribution >= 4 is 21.7 Å².